The Morgan fingerprint density at radius 1 is 1.31 bits per heavy atom. The molecule has 4 heteroatoms. The van der Waals surface area contributed by atoms with Crippen molar-refractivity contribution in [3.63, 3.8) is 0 Å². The van der Waals surface area contributed by atoms with E-state index in [0.29, 0.717) is 11.1 Å². The van der Waals surface area contributed by atoms with Crippen LogP contribution in [0, 0.1) is 0 Å². The number of hydrogen-bond acceptors (Lipinski definition) is 2. The molecule has 0 saturated carbocycles. The van der Waals surface area contributed by atoms with E-state index in [1.165, 1.54) is 0 Å². The predicted molar refractivity (Wildman–Crippen MR) is 65.2 cm³/mol. The number of benzene rings is 2. The van der Waals surface area contributed by atoms with Crippen LogP contribution in [0.15, 0.2) is 34.8 Å². The van der Waals surface area contributed by atoms with Gasteiger partial charge in [-0.05, 0) is 18.2 Å². The molecule has 0 aromatic heterocycles. The standard InChI is InChI=1S/C12H9BrO3/c1-16-10-6-5-8(12(14)15)11-7(10)3-2-4-9(11)13/h2-6H,1H3,(H,14,15). The number of rotatable bonds is 2. The lowest BCUT2D eigenvalue weighted by molar-refractivity contribution is 0.0699. The van der Waals surface area contributed by atoms with E-state index >= 15 is 0 Å². The maximum Gasteiger partial charge on any atom is 0.336 e. The molecule has 0 radical (unpaired) electrons. The van der Waals surface area contributed by atoms with Gasteiger partial charge in [-0.1, -0.05) is 28.1 Å². The lowest BCUT2D eigenvalue weighted by Gasteiger charge is -2.09. The van der Waals surface area contributed by atoms with Gasteiger partial charge < -0.3 is 9.84 Å². The molecule has 0 amide bonds. The van der Waals surface area contributed by atoms with Gasteiger partial charge in [0.1, 0.15) is 5.75 Å². The van der Waals surface area contributed by atoms with Gasteiger partial charge in [0.25, 0.3) is 0 Å². The van der Waals surface area contributed by atoms with E-state index in [2.05, 4.69) is 15.9 Å². The molecule has 0 unspecified atom stereocenters. The predicted octanol–water partition coefficient (Wildman–Crippen LogP) is 3.31. The summed E-state index contributed by atoms with van der Waals surface area (Å²) in [4.78, 5) is 11.1. The first kappa shape index (κ1) is 11.0. The van der Waals surface area contributed by atoms with Crippen LogP contribution in [0.4, 0.5) is 0 Å². The Kier molecular flexibility index (Phi) is 2.83. The summed E-state index contributed by atoms with van der Waals surface area (Å²) in [5, 5.41) is 10.6. The highest BCUT2D eigenvalue weighted by Crippen LogP contribution is 2.33. The van der Waals surface area contributed by atoms with Gasteiger partial charge in [0, 0.05) is 15.2 Å². The van der Waals surface area contributed by atoms with E-state index in [4.69, 9.17) is 9.84 Å². The summed E-state index contributed by atoms with van der Waals surface area (Å²) >= 11 is 3.36. The summed E-state index contributed by atoms with van der Waals surface area (Å²) in [7, 11) is 1.57. The van der Waals surface area contributed by atoms with Gasteiger partial charge in [-0.3, -0.25) is 0 Å². The third kappa shape index (κ3) is 1.65. The Morgan fingerprint density at radius 3 is 2.69 bits per heavy atom. The van der Waals surface area contributed by atoms with Crippen LogP contribution >= 0.6 is 15.9 Å². The summed E-state index contributed by atoms with van der Waals surface area (Å²) in [6, 6.07) is 8.71. The van der Waals surface area contributed by atoms with Crippen LogP contribution in [-0.4, -0.2) is 18.2 Å². The van der Waals surface area contributed by atoms with Crippen molar-refractivity contribution >= 4 is 32.7 Å². The van der Waals surface area contributed by atoms with E-state index in [-0.39, 0.29) is 5.56 Å². The number of carboxylic acid groups (broad SMARTS) is 1. The van der Waals surface area contributed by atoms with Crippen molar-refractivity contribution in [3.8, 4) is 5.75 Å². The molecule has 0 fully saturated rings. The van der Waals surface area contributed by atoms with Crippen molar-refractivity contribution in [2.75, 3.05) is 7.11 Å². The zero-order valence-corrected chi connectivity index (χ0v) is 10.1. The molecular formula is C12H9BrO3. The van der Waals surface area contributed by atoms with Crippen molar-refractivity contribution in [2.45, 2.75) is 0 Å². The lowest BCUT2D eigenvalue weighted by atomic mass is 10.0. The molecule has 2 aromatic rings. The number of halogens is 1. The highest BCUT2D eigenvalue weighted by atomic mass is 79.9. The first-order chi connectivity index (χ1) is 7.65. The molecule has 0 bridgehead atoms. The molecule has 0 atom stereocenters. The maximum absolute atomic E-state index is 11.1. The molecular weight excluding hydrogens is 272 g/mol. The minimum Gasteiger partial charge on any atom is -0.496 e. The van der Waals surface area contributed by atoms with Crippen LogP contribution in [0.1, 0.15) is 10.4 Å². The monoisotopic (exact) mass is 280 g/mol. The third-order valence-corrected chi connectivity index (χ3v) is 3.06. The topological polar surface area (TPSA) is 46.5 Å². The molecule has 0 aliphatic carbocycles. The van der Waals surface area contributed by atoms with Crippen molar-refractivity contribution < 1.29 is 14.6 Å². The van der Waals surface area contributed by atoms with Gasteiger partial charge in [0.2, 0.25) is 0 Å². The Morgan fingerprint density at radius 2 is 2.06 bits per heavy atom. The molecule has 16 heavy (non-hydrogen) atoms. The van der Waals surface area contributed by atoms with Gasteiger partial charge in [-0.15, -0.1) is 0 Å². The second kappa shape index (κ2) is 4.14. The van der Waals surface area contributed by atoms with Gasteiger partial charge in [0.05, 0.1) is 12.7 Å². The average Bonchev–Trinajstić information content (AvgIpc) is 2.28. The van der Waals surface area contributed by atoms with Crippen molar-refractivity contribution in [3.05, 3.63) is 40.4 Å². The molecule has 2 rings (SSSR count). The third-order valence-electron chi connectivity index (χ3n) is 2.40. The first-order valence-electron chi connectivity index (χ1n) is 4.63. The molecule has 0 saturated heterocycles. The van der Waals surface area contributed by atoms with Crippen LogP contribution in [-0.2, 0) is 0 Å². The highest BCUT2D eigenvalue weighted by molar-refractivity contribution is 9.10. The number of fused-ring (bicyclic) bond motifs is 1. The number of carboxylic acids is 1. The molecule has 0 spiro atoms. The summed E-state index contributed by atoms with van der Waals surface area (Å²) in [6.45, 7) is 0. The van der Waals surface area contributed by atoms with E-state index in [1.807, 2.05) is 18.2 Å². The van der Waals surface area contributed by atoms with Crippen LogP contribution in [0.3, 0.4) is 0 Å². The maximum atomic E-state index is 11.1. The van der Waals surface area contributed by atoms with Crippen molar-refractivity contribution in [2.24, 2.45) is 0 Å². The zero-order valence-electron chi connectivity index (χ0n) is 8.53. The summed E-state index contributed by atoms with van der Waals surface area (Å²) in [5.74, 6) is -0.277. The average molecular weight is 281 g/mol. The zero-order chi connectivity index (χ0) is 11.7. The highest BCUT2D eigenvalue weighted by Gasteiger charge is 2.13. The fourth-order valence-corrected chi connectivity index (χ4v) is 2.27. The molecule has 1 N–H and O–H groups in total. The minimum absolute atomic E-state index is 0.267. The van der Waals surface area contributed by atoms with Crippen LogP contribution in [0.25, 0.3) is 10.8 Å². The number of hydrogen-bond donors (Lipinski definition) is 1. The Balaban J connectivity index is 2.92. The van der Waals surface area contributed by atoms with Gasteiger partial charge in [-0.25, -0.2) is 4.79 Å². The van der Waals surface area contributed by atoms with E-state index < -0.39 is 5.97 Å². The minimum atomic E-state index is -0.945. The Bertz CT molecular complexity index is 563. The van der Waals surface area contributed by atoms with E-state index in [0.717, 1.165) is 9.86 Å². The molecule has 3 nitrogen and oxygen atoms in total. The molecule has 0 aliphatic rings. The quantitative estimate of drug-likeness (QED) is 0.918. The van der Waals surface area contributed by atoms with Crippen molar-refractivity contribution in [1.29, 1.82) is 0 Å². The second-order valence-electron chi connectivity index (χ2n) is 3.28. The van der Waals surface area contributed by atoms with Crippen molar-refractivity contribution in [1.82, 2.24) is 0 Å². The fourth-order valence-electron chi connectivity index (χ4n) is 1.69. The SMILES string of the molecule is COc1ccc(C(=O)O)c2c(Br)cccc12. The second-order valence-corrected chi connectivity index (χ2v) is 4.14. The summed E-state index contributed by atoms with van der Waals surface area (Å²) in [6.07, 6.45) is 0. The molecule has 82 valence electrons. The van der Waals surface area contributed by atoms with Crippen LogP contribution < -0.4 is 4.74 Å². The smallest absolute Gasteiger partial charge is 0.336 e. The number of aromatic carboxylic acids is 1. The van der Waals surface area contributed by atoms with E-state index in [1.54, 1.807) is 19.2 Å². The molecule has 0 aliphatic heterocycles. The van der Waals surface area contributed by atoms with E-state index in [9.17, 15) is 4.79 Å². The number of ether oxygens (including phenoxy) is 1. The Hall–Kier alpha value is -1.55. The first-order valence-corrected chi connectivity index (χ1v) is 5.43. The molecule has 0 heterocycles. The van der Waals surface area contributed by atoms with Gasteiger partial charge >= 0.3 is 5.97 Å². The van der Waals surface area contributed by atoms with Gasteiger partial charge in [0.15, 0.2) is 0 Å². The normalized spacial score (nSPS) is 10.4. The fraction of sp³-hybridized carbons (Fsp3) is 0.0833. The lowest BCUT2D eigenvalue weighted by Crippen LogP contribution is -1.99. The number of carbonyl (C=O) groups is 1. The summed E-state index contributed by atoms with van der Waals surface area (Å²) < 4.78 is 5.95. The largest absolute Gasteiger partial charge is 0.496 e. The molecule has 2 aromatic carbocycles. The van der Waals surface area contributed by atoms with Crippen LogP contribution in [0.5, 0.6) is 5.75 Å². The Labute approximate surface area is 101 Å². The van der Waals surface area contributed by atoms with Crippen LogP contribution in [0.2, 0.25) is 0 Å². The number of methoxy groups -OCH3 is 1. The summed E-state index contributed by atoms with van der Waals surface area (Å²) in [5.41, 5.74) is 0.267. The van der Waals surface area contributed by atoms with Gasteiger partial charge in [-0.2, -0.15) is 0 Å².